The number of rotatable bonds is 3. The molecule has 122 valence electrons. The van der Waals surface area contributed by atoms with Crippen LogP contribution in [0.1, 0.15) is 30.7 Å². The van der Waals surface area contributed by atoms with Crippen LogP contribution in [0.4, 0.5) is 0 Å². The molecule has 1 aromatic heterocycles. The second-order valence-corrected chi connectivity index (χ2v) is 5.50. The third-order valence-electron chi connectivity index (χ3n) is 3.18. The van der Waals surface area contributed by atoms with Crippen molar-refractivity contribution in [2.75, 3.05) is 7.05 Å². The van der Waals surface area contributed by atoms with Crippen LogP contribution in [0.5, 0.6) is 0 Å². The van der Waals surface area contributed by atoms with Gasteiger partial charge in [-0.2, -0.15) is 0 Å². The molecule has 3 heteroatoms. The van der Waals surface area contributed by atoms with E-state index in [9.17, 15) is 0 Å². The van der Waals surface area contributed by atoms with Crippen LogP contribution in [0.15, 0.2) is 43.6 Å². The van der Waals surface area contributed by atoms with Crippen LogP contribution in [-0.4, -0.2) is 12.0 Å². The van der Waals surface area contributed by atoms with Gasteiger partial charge in [-0.05, 0) is 44.4 Å². The number of fused-ring (bicyclic) bond motifs is 1. The van der Waals surface area contributed by atoms with Gasteiger partial charge in [-0.1, -0.05) is 38.1 Å². The lowest BCUT2D eigenvalue weighted by Crippen LogP contribution is -2.19. The van der Waals surface area contributed by atoms with Gasteiger partial charge in [0.15, 0.2) is 0 Å². The Balaban J connectivity index is 0.000000372. The Morgan fingerprint density at radius 3 is 2.14 bits per heavy atom. The molecule has 0 bridgehead atoms. The van der Waals surface area contributed by atoms with Gasteiger partial charge in [-0.15, -0.1) is 6.58 Å². The van der Waals surface area contributed by atoms with Crippen molar-refractivity contribution in [3.63, 3.8) is 0 Å². The van der Waals surface area contributed by atoms with E-state index in [4.69, 9.17) is 0 Å². The molecule has 0 saturated heterocycles. The van der Waals surface area contributed by atoms with Gasteiger partial charge < -0.3 is 10.4 Å². The molecule has 2 rings (SSSR count). The molecule has 0 unspecified atom stereocenters. The average Bonchev–Trinajstić information content (AvgIpc) is 2.76. The minimum absolute atomic E-state index is 0.648. The molecule has 22 heavy (non-hydrogen) atoms. The van der Waals surface area contributed by atoms with Gasteiger partial charge in [0, 0.05) is 29.8 Å². The first-order valence-corrected chi connectivity index (χ1v) is 7.58. The summed E-state index contributed by atoms with van der Waals surface area (Å²) in [5.41, 5.74) is 10.5. The van der Waals surface area contributed by atoms with E-state index in [0.717, 1.165) is 0 Å². The highest BCUT2D eigenvalue weighted by Crippen LogP contribution is 2.21. The molecule has 0 spiro atoms. The summed E-state index contributed by atoms with van der Waals surface area (Å²) in [6, 6.07) is 6.51. The second-order valence-electron chi connectivity index (χ2n) is 5.50. The number of hydrogen-bond acceptors (Lipinski definition) is 2. The summed E-state index contributed by atoms with van der Waals surface area (Å²) in [7, 11) is 1.78. The monoisotopic (exact) mass is 301 g/mol. The average molecular weight is 301 g/mol. The predicted octanol–water partition coefficient (Wildman–Crippen LogP) is 4.78. The highest BCUT2D eigenvalue weighted by molar-refractivity contribution is 5.84. The third-order valence-corrected chi connectivity index (χ3v) is 3.18. The number of aromatic amines is 1. The molecule has 1 aromatic carbocycles. The number of allylic oxidation sites excluding steroid dienone is 1. The van der Waals surface area contributed by atoms with Crippen LogP contribution in [0.3, 0.4) is 0 Å². The van der Waals surface area contributed by atoms with Crippen LogP contribution >= 0.6 is 0 Å². The zero-order valence-corrected chi connectivity index (χ0v) is 14.9. The van der Waals surface area contributed by atoms with Crippen molar-refractivity contribution in [3.8, 4) is 0 Å². The molecule has 0 fully saturated rings. The van der Waals surface area contributed by atoms with Gasteiger partial charge in [0.25, 0.3) is 0 Å². The molecule has 1 heterocycles. The van der Waals surface area contributed by atoms with E-state index in [1.54, 1.807) is 13.2 Å². The molecule has 0 amide bonds. The van der Waals surface area contributed by atoms with Crippen molar-refractivity contribution in [2.24, 2.45) is 5.92 Å². The fourth-order valence-corrected chi connectivity index (χ4v) is 1.68. The smallest absolute Gasteiger partial charge is 0.0458 e. The van der Waals surface area contributed by atoms with Gasteiger partial charge in [0.2, 0.25) is 0 Å². The lowest BCUT2D eigenvalue weighted by atomic mass is 10.1. The van der Waals surface area contributed by atoms with E-state index in [2.05, 4.69) is 81.8 Å². The summed E-state index contributed by atoms with van der Waals surface area (Å²) in [5.74, 6) is 0.648. The molecule has 2 aromatic rings. The number of benzene rings is 1. The highest BCUT2D eigenvalue weighted by Gasteiger charge is 2.02. The highest BCUT2D eigenvalue weighted by atomic mass is 15.3. The van der Waals surface area contributed by atoms with E-state index in [-0.39, 0.29) is 0 Å². The fraction of sp³-hybridized carbons (Fsp3) is 0.368. The standard InChI is InChI=1S/C11H13N.C5H10.C3H8N2/c1-7-4-5-11-10(6-7)8(2)9(3)12-11;1-4-5(2)3;1-3-5-4-2/h4-6,12H,1-3H3;4-5H,1H2,2-3H3;3-5H,1H2,2H3. The van der Waals surface area contributed by atoms with Crippen molar-refractivity contribution in [3.05, 3.63) is 60.5 Å². The van der Waals surface area contributed by atoms with Crippen LogP contribution < -0.4 is 10.9 Å². The van der Waals surface area contributed by atoms with Crippen molar-refractivity contribution in [2.45, 2.75) is 34.6 Å². The Bertz CT molecular complexity index is 580. The SMILES string of the molecule is C=CC(C)C.C=CNNC.Cc1ccc2[nH]c(C)c(C)c2c1. The third kappa shape index (κ3) is 7.14. The number of hydrazine groups is 1. The Kier molecular flexibility index (Phi) is 9.72. The van der Waals surface area contributed by atoms with Crippen molar-refractivity contribution in [1.82, 2.24) is 15.8 Å². The Morgan fingerprint density at radius 1 is 1.14 bits per heavy atom. The molecule has 3 nitrogen and oxygen atoms in total. The molecule has 0 aliphatic heterocycles. The lowest BCUT2D eigenvalue weighted by molar-refractivity contribution is 0.732. The Hall–Kier alpha value is -2.00. The van der Waals surface area contributed by atoms with Gasteiger partial charge in [0.1, 0.15) is 0 Å². The predicted molar refractivity (Wildman–Crippen MR) is 99.9 cm³/mol. The first kappa shape index (κ1) is 20.0. The normalized spacial score (nSPS) is 9.41. The second kappa shape index (κ2) is 10.7. The topological polar surface area (TPSA) is 39.8 Å². The summed E-state index contributed by atoms with van der Waals surface area (Å²) in [4.78, 5) is 3.35. The minimum atomic E-state index is 0.648. The van der Waals surface area contributed by atoms with E-state index in [1.165, 1.54) is 27.7 Å². The number of H-pyrrole nitrogens is 1. The molecule has 0 radical (unpaired) electrons. The number of hydrogen-bond donors (Lipinski definition) is 3. The van der Waals surface area contributed by atoms with E-state index in [1.807, 2.05) is 6.08 Å². The van der Waals surface area contributed by atoms with Crippen molar-refractivity contribution < 1.29 is 0 Å². The lowest BCUT2D eigenvalue weighted by Gasteiger charge is -1.93. The largest absolute Gasteiger partial charge is 0.358 e. The number of aromatic nitrogens is 1. The van der Waals surface area contributed by atoms with Crippen LogP contribution in [0.25, 0.3) is 10.9 Å². The fourth-order valence-electron chi connectivity index (χ4n) is 1.68. The minimum Gasteiger partial charge on any atom is -0.358 e. The van der Waals surface area contributed by atoms with Gasteiger partial charge in [-0.25, -0.2) is 5.43 Å². The Morgan fingerprint density at radius 2 is 1.73 bits per heavy atom. The maximum Gasteiger partial charge on any atom is 0.0458 e. The summed E-state index contributed by atoms with van der Waals surface area (Å²) in [6.45, 7) is 17.5. The molecule has 0 saturated carbocycles. The Labute approximate surface area is 135 Å². The summed E-state index contributed by atoms with van der Waals surface area (Å²) >= 11 is 0. The van der Waals surface area contributed by atoms with E-state index in [0.29, 0.717) is 5.92 Å². The zero-order chi connectivity index (χ0) is 17.1. The summed E-state index contributed by atoms with van der Waals surface area (Å²) < 4.78 is 0. The van der Waals surface area contributed by atoms with Crippen LogP contribution in [-0.2, 0) is 0 Å². The number of nitrogens with one attached hydrogen (secondary N) is 3. The maximum absolute atomic E-state index is 3.56. The number of aryl methyl sites for hydroxylation is 3. The molecule has 0 aliphatic rings. The molecule has 0 atom stereocenters. The quantitative estimate of drug-likeness (QED) is 0.564. The molecular formula is C19H31N3. The molecule has 0 aliphatic carbocycles. The van der Waals surface area contributed by atoms with E-state index < -0.39 is 0 Å². The van der Waals surface area contributed by atoms with Crippen LogP contribution in [0, 0.1) is 26.7 Å². The first-order chi connectivity index (χ1) is 10.4. The van der Waals surface area contributed by atoms with Crippen molar-refractivity contribution in [1.29, 1.82) is 0 Å². The maximum atomic E-state index is 3.56. The molecular weight excluding hydrogens is 270 g/mol. The van der Waals surface area contributed by atoms with E-state index >= 15 is 0 Å². The molecule has 3 N–H and O–H groups in total. The summed E-state index contributed by atoms with van der Waals surface area (Å²) in [5, 5.41) is 1.35. The summed E-state index contributed by atoms with van der Waals surface area (Å²) in [6.07, 6.45) is 3.49. The van der Waals surface area contributed by atoms with Gasteiger partial charge >= 0.3 is 0 Å². The van der Waals surface area contributed by atoms with Gasteiger partial charge in [-0.3, -0.25) is 0 Å². The first-order valence-electron chi connectivity index (χ1n) is 7.58. The van der Waals surface area contributed by atoms with Gasteiger partial charge in [0.05, 0.1) is 0 Å². The van der Waals surface area contributed by atoms with Crippen LogP contribution in [0.2, 0.25) is 0 Å². The zero-order valence-electron chi connectivity index (χ0n) is 14.9. The van der Waals surface area contributed by atoms with Crippen molar-refractivity contribution >= 4 is 10.9 Å².